The number of aromatic nitrogens is 1. The van der Waals surface area contributed by atoms with Crippen molar-refractivity contribution in [3.05, 3.63) is 24.5 Å². The molecule has 0 bridgehead atoms. The number of nitrogens with zero attached hydrogens (tertiary/aromatic N) is 1. The Balaban J connectivity index is 0. The summed E-state index contributed by atoms with van der Waals surface area (Å²) < 4.78 is 5.38. The quantitative estimate of drug-likeness (QED) is 0.511. The number of pyridine rings is 1. The maximum Gasteiger partial charge on any atom is 0.137 e. The van der Waals surface area contributed by atoms with Gasteiger partial charge >= 0.3 is 0 Å². The summed E-state index contributed by atoms with van der Waals surface area (Å²) in [6, 6.07) is 3.80. The minimum absolute atomic E-state index is 0. The molecule has 0 aliphatic rings. The summed E-state index contributed by atoms with van der Waals surface area (Å²) in [4.78, 5) is 12.2. The number of rotatable bonds is 4. The van der Waals surface area contributed by atoms with Gasteiger partial charge in [-0.2, -0.15) is 0 Å². The Kier molecular flexibility index (Phi) is 14.3. The van der Waals surface area contributed by atoms with Gasteiger partial charge in [0.05, 0.1) is 12.8 Å². The van der Waals surface area contributed by atoms with E-state index in [1.807, 2.05) is 12.1 Å². The zero-order valence-corrected chi connectivity index (χ0v) is 11.8. The second kappa shape index (κ2) is 13.0. The van der Waals surface area contributed by atoms with Gasteiger partial charge in [-0.3, -0.25) is 4.98 Å². The van der Waals surface area contributed by atoms with Gasteiger partial charge in [0, 0.05) is 25.7 Å². The van der Waals surface area contributed by atoms with Crippen molar-refractivity contribution in [2.24, 2.45) is 0 Å². The second-order valence-corrected chi connectivity index (χ2v) is 2.48. The monoisotopic (exact) mass is 260 g/mol. The van der Waals surface area contributed by atoms with Gasteiger partial charge in [-0.25, -0.2) is 0 Å². The first-order valence-corrected chi connectivity index (χ1v) is 4.39. The summed E-state index contributed by atoms with van der Waals surface area (Å²) in [6.07, 6.45) is 5.75. The van der Waals surface area contributed by atoms with Crippen LogP contribution in [0.5, 0.6) is 5.75 Å². The van der Waals surface area contributed by atoms with Gasteiger partial charge < -0.3 is 14.6 Å². The first kappa shape index (κ1) is 16.5. The number of aliphatic hydroxyl groups excluding tert-OH is 1. The first-order chi connectivity index (χ1) is 6.85. The number of hydrogen-bond donors (Lipinski definition) is 1. The third-order valence-corrected chi connectivity index (χ3v) is 1.40. The zero-order chi connectivity index (χ0) is 10.6. The van der Waals surface area contributed by atoms with Crippen molar-refractivity contribution in [1.29, 1.82) is 0 Å². The zero-order valence-electron chi connectivity index (χ0n) is 8.85. The van der Waals surface area contributed by atoms with Crippen LogP contribution in [0.25, 0.3) is 0 Å². The fourth-order valence-electron chi connectivity index (χ4n) is 0.767. The summed E-state index contributed by atoms with van der Waals surface area (Å²) in [7, 11) is 0. The molecule has 0 aromatic carbocycles. The van der Waals surface area contributed by atoms with Gasteiger partial charge in [-0.05, 0) is 18.6 Å². The van der Waals surface area contributed by atoms with E-state index in [1.165, 1.54) is 6.42 Å². The normalized spacial score (nSPS) is 7.80. The van der Waals surface area contributed by atoms with E-state index in [-0.39, 0.29) is 19.5 Å². The van der Waals surface area contributed by atoms with Gasteiger partial charge in [0.25, 0.3) is 0 Å². The van der Waals surface area contributed by atoms with Crippen molar-refractivity contribution in [1.82, 2.24) is 4.98 Å². The molecule has 0 saturated heterocycles. The molecule has 0 spiro atoms. The van der Waals surface area contributed by atoms with Crippen LogP contribution in [0.3, 0.4) is 0 Å². The van der Waals surface area contributed by atoms with Crippen molar-refractivity contribution >= 4 is 6.47 Å². The number of unbranched alkanes of at least 4 members (excludes halogenated alkanes) is 1. The molecule has 0 unspecified atom stereocenters. The first-order valence-electron chi connectivity index (χ1n) is 4.39. The van der Waals surface area contributed by atoms with Crippen LogP contribution in [0.2, 0.25) is 0 Å². The summed E-state index contributed by atoms with van der Waals surface area (Å²) in [5.74, 6) is 0.862. The van der Waals surface area contributed by atoms with Crippen LogP contribution in [-0.2, 0) is 24.3 Å². The smallest absolute Gasteiger partial charge is 0.137 e. The van der Waals surface area contributed by atoms with Gasteiger partial charge in [0.15, 0.2) is 0 Å². The van der Waals surface area contributed by atoms with Crippen LogP contribution in [0, 0.1) is 0 Å². The van der Waals surface area contributed by atoms with Crippen LogP contribution in [0.4, 0.5) is 0 Å². The average molecular weight is 262 g/mol. The van der Waals surface area contributed by atoms with E-state index in [1.54, 1.807) is 12.4 Å². The van der Waals surface area contributed by atoms with Crippen molar-refractivity contribution in [3.63, 3.8) is 0 Å². The standard InChI is InChI=1S/C9H13NO.CHO2.Zn/c1-2-3-7-11-9-5-4-6-10-8-9;2-1-3;/h4-6,8H,2-3,7H2,1H3;(H,2,3);/q;-1;. The third-order valence-electron chi connectivity index (χ3n) is 1.40. The maximum absolute atomic E-state index is 8.24. The molecule has 0 saturated carbocycles. The predicted molar refractivity (Wildman–Crippen MR) is 53.0 cm³/mol. The molecule has 1 N–H and O–H groups in total. The van der Waals surface area contributed by atoms with E-state index in [9.17, 15) is 0 Å². The number of ether oxygens (including phenoxy) is 1. The van der Waals surface area contributed by atoms with E-state index >= 15 is 0 Å². The minimum Gasteiger partial charge on any atom is -0.665 e. The van der Waals surface area contributed by atoms with Crippen LogP contribution in [0.15, 0.2) is 24.5 Å². The van der Waals surface area contributed by atoms with E-state index in [4.69, 9.17) is 14.6 Å². The van der Waals surface area contributed by atoms with E-state index in [2.05, 4.69) is 11.9 Å². The molecule has 1 aromatic heterocycles. The molecule has 0 radical (unpaired) electrons. The molecule has 80 valence electrons. The summed E-state index contributed by atoms with van der Waals surface area (Å²) >= 11 is 0. The fourth-order valence-corrected chi connectivity index (χ4v) is 0.767. The Morgan fingerprint density at radius 3 is 2.73 bits per heavy atom. The molecule has 0 aliphatic heterocycles. The molecular weight excluding hydrogens is 248 g/mol. The van der Waals surface area contributed by atoms with Crippen LogP contribution in [-0.4, -0.2) is 23.2 Å². The van der Waals surface area contributed by atoms with Crippen molar-refractivity contribution in [2.75, 3.05) is 6.61 Å². The second-order valence-electron chi connectivity index (χ2n) is 2.48. The fraction of sp³-hybridized carbons (Fsp3) is 0.400. The molecule has 1 rings (SSSR count). The Labute approximate surface area is 102 Å². The molecular formula is C10H14NO3Zn-. The molecule has 15 heavy (non-hydrogen) atoms. The molecule has 1 aromatic rings. The molecule has 4 nitrogen and oxygen atoms in total. The SMILES string of the molecule is CCCCOc1cccnc1.O=[C-]O.[Zn]. The van der Waals surface area contributed by atoms with E-state index in [0.29, 0.717) is 6.47 Å². The summed E-state index contributed by atoms with van der Waals surface area (Å²) in [5, 5.41) is 6.76. The summed E-state index contributed by atoms with van der Waals surface area (Å²) in [5.41, 5.74) is 0. The van der Waals surface area contributed by atoms with Gasteiger partial charge in [0.2, 0.25) is 0 Å². The van der Waals surface area contributed by atoms with Crippen LogP contribution < -0.4 is 4.74 Å². The maximum atomic E-state index is 8.24. The van der Waals surface area contributed by atoms with Gasteiger partial charge in [0.1, 0.15) is 5.75 Å². The predicted octanol–water partition coefficient (Wildman–Crippen LogP) is 1.87. The Hall–Kier alpha value is -0.957. The molecule has 1 heterocycles. The summed E-state index contributed by atoms with van der Waals surface area (Å²) in [6.45, 7) is 3.44. The Bertz CT molecular complexity index is 231. The topological polar surface area (TPSA) is 59.4 Å². The van der Waals surface area contributed by atoms with Gasteiger partial charge in [-0.15, -0.1) is 0 Å². The molecule has 0 aliphatic carbocycles. The van der Waals surface area contributed by atoms with Crippen molar-refractivity contribution in [2.45, 2.75) is 19.8 Å². The Morgan fingerprint density at radius 2 is 2.27 bits per heavy atom. The minimum atomic E-state index is 0. The number of hydrogen-bond acceptors (Lipinski definition) is 3. The third kappa shape index (κ3) is 11.0. The van der Waals surface area contributed by atoms with Crippen molar-refractivity contribution < 1.29 is 34.1 Å². The molecule has 5 heteroatoms. The van der Waals surface area contributed by atoms with E-state index in [0.717, 1.165) is 18.8 Å². The largest absolute Gasteiger partial charge is 0.665 e. The molecule has 0 atom stereocenters. The molecule has 0 amide bonds. The molecule has 0 fully saturated rings. The Morgan fingerprint density at radius 1 is 1.60 bits per heavy atom. The average Bonchev–Trinajstić information content (AvgIpc) is 2.21. The van der Waals surface area contributed by atoms with E-state index < -0.39 is 0 Å². The van der Waals surface area contributed by atoms with Crippen LogP contribution >= 0.6 is 0 Å². The van der Waals surface area contributed by atoms with Crippen LogP contribution in [0.1, 0.15) is 19.8 Å². The van der Waals surface area contributed by atoms with Gasteiger partial charge in [-0.1, -0.05) is 19.8 Å². The van der Waals surface area contributed by atoms with Crippen molar-refractivity contribution in [3.8, 4) is 5.75 Å².